The van der Waals surface area contributed by atoms with Crippen molar-refractivity contribution in [2.75, 3.05) is 11.9 Å². The van der Waals surface area contributed by atoms with Crippen LogP contribution in [-0.4, -0.2) is 44.6 Å². The Morgan fingerprint density at radius 2 is 1.97 bits per heavy atom. The van der Waals surface area contributed by atoms with Crippen LogP contribution in [0.1, 0.15) is 40.6 Å². The van der Waals surface area contributed by atoms with Gasteiger partial charge in [-0.2, -0.15) is 0 Å². The fraction of sp³-hybridized carbons (Fsp3) is 0.250. The van der Waals surface area contributed by atoms with Crippen molar-refractivity contribution in [3.63, 3.8) is 0 Å². The number of thioether (sulfide) groups is 1. The zero-order valence-electron chi connectivity index (χ0n) is 16.1. The maximum Gasteiger partial charge on any atom is 0.347 e. The van der Waals surface area contributed by atoms with Crippen molar-refractivity contribution in [2.45, 2.75) is 26.2 Å². The van der Waals surface area contributed by atoms with Crippen molar-refractivity contribution in [2.24, 2.45) is 0 Å². The van der Waals surface area contributed by atoms with E-state index in [9.17, 15) is 19.2 Å². The Hall–Kier alpha value is -2.98. The van der Waals surface area contributed by atoms with Crippen molar-refractivity contribution in [3.05, 3.63) is 51.4 Å². The summed E-state index contributed by atoms with van der Waals surface area (Å²) in [7, 11) is 0. The first kappa shape index (κ1) is 21.7. The minimum Gasteiger partial charge on any atom is -0.477 e. The second kappa shape index (κ2) is 9.68. The first-order valence-corrected chi connectivity index (χ1v) is 10.8. The van der Waals surface area contributed by atoms with Crippen LogP contribution in [0.15, 0.2) is 35.4 Å². The highest BCUT2D eigenvalue weighted by Crippen LogP contribution is 2.32. The SMILES string of the molecule is CCc1ccc(/C=C2\SC(=O)N(CCCC(=O)Nc3ncc(C(=O)O)s3)C2=O)cc1. The summed E-state index contributed by atoms with van der Waals surface area (Å²) >= 11 is 1.75. The van der Waals surface area contributed by atoms with Crippen LogP contribution < -0.4 is 5.32 Å². The number of nitrogens with one attached hydrogen (secondary N) is 1. The van der Waals surface area contributed by atoms with Crippen LogP contribution in [0, 0.1) is 0 Å². The Kier molecular flexibility index (Phi) is 7.01. The average molecular weight is 446 g/mol. The van der Waals surface area contributed by atoms with Gasteiger partial charge in [0.25, 0.3) is 11.1 Å². The second-order valence-corrected chi connectivity index (χ2v) is 8.44. The summed E-state index contributed by atoms with van der Waals surface area (Å²) in [6, 6.07) is 7.78. The van der Waals surface area contributed by atoms with Gasteiger partial charge in [-0.25, -0.2) is 9.78 Å². The second-order valence-electron chi connectivity index (χ2n) is 6.42. The van der Waals surface area contributed by atoms with Gasteiger partial charge in [0.15, 0.2) is 5.13 Å². The lowest BCUT2D eigenvalue weighted by atomic mass is 10.1. The molecule has 3 amide bonds. The number of benzene rings is 1. The van der Waals surface area contributed by atoms with Crippen LogP contribution in [0.3, 0.4) is 0 Å². The van der Waals surface area contributed by atoms with Crippen LogP contribution in [0.5, 0.6) is 0 Å². The Morgan fingerprint density at radius 3 is 2.60 bits per heavy atom. The molecule has 0 aliphatic carbocycles. The maximum absolute atomic E-state index is 12.5. The lowest BCUT2D eigenvalue weighted by molar-refractivity contribution is -0.123. The summed E-state index contributed by atoms with van der Waals surface area (Å²) in [5, 5.41) is 11.2. The average Bonchev–Trinajstić information content (AvgIpc) is 3.28. The molecule has 0 unspecified atom stereocenters. The van der Waals surface area contributed by atoms with E-state index in [1.54, 1.807) is 6.08 Å². The number of aryl methyl sites for hydroxylation is 1. The van der Waals surface area contributed by atoms with E-state index in [1.165, 1.54) is 11.8 Å². The lowest BCUT2D eigenvalue weighted by Crippen LogP contribution is -2.29. The highest BCUT2D eigenvalue weighted by atomic mass is 32.2. The van der Waals surface area contributed by atoms with Gasteiger partial charge in [0.2, 0.25) is 5.91 Å². The zero-order valence-corrected chi connectivity index (χ0v) is 17.7. The maximum atomic E-state index is 12.5. The fourth-order valence-electron chi connectivity index (χ4n) is 2.70. The van der Waals surface area contributed by atoms with E-state index >= 15 is 0 Å². The van der Waals surface area contributed by atoms with Gasteiger partial charge in [0.05, 0.1) is 11.1 Å². The van der Waals surface area contributed by atoms with Gasteiger partial charge in [-0.3, -0.25) is 19.3 Å². The molecule has 0 atom stereocenters. The number of carbonyl (C=O) groups is 4. The van der Waals surface area contributed by atoms with E-state index in [2.05, 4.69) is 17.2 Å². The first-order chi connectivity index (χ1) is 14.4. The molecule has 0 radical (unpaired) electrons. The van der Waals surface area contributed by atoms with Gasteiger partial charge in [0, 0.05) is 13.0 Å². The molecule has 0 bridgehead atoms. The molecule has 30 heavy (non-hydrogen) atoms. The predicted molar refractivity (Wildman–Crippen MR) is 115 cm³/mol. The number of thiazole rings is 1. The molecule has 1 fully saturated rings. The van der Waals surface area contributed by atoms with Crippen LogP contribution >= 0.6 is 23.1 Å². The Bertz CT molecular complexity index is 1010. The predicted octanol–water partition coefficient (Wildman–Crippen LogP) is 3.86. The van der Waals surface area contributed by atoms with Gasteiger partial charge in [-0.05, 0) is 41.8 Å². The molecule has 0 saturated carbocycles. The molecule has 1 aliphatic heterocycles. The largest absolute Gasteiger partial charge is 0.477 e. The molecule has 1 aromatic carbocycles. The Morgan fingerprint density at radius 1 is 1.23 bits per heavy atom. The molecule has 3 rings (SSSR count). The Balaban J connectivity index is 1.51. The van der Waals surface area contributed by atoms with Gasteiger partial charge in [0.1, 0.15) is 4.88 Å². The third kappa shape index (κ3) is 5.33. The van der Waals surface area contributed by atoms with Crippen molar-refractivity contribution in [1.29, 1.82) is 0 Å². The molecule has 2 heterocycles. The van der Waals surface area contributed by atoms with Crippen molar-refractivity contribution in [3.8, 4) is 0 Å². The minimum atomic E-state index is -1.11. The molecule has 10 heteroatoms. The normalized spacial score (nSPS) is 15.1. The van der Waals surface area contributed by atoms with Crippen molar-refractivity contribution < 1.29 is 24.3 Å². The highest BCUT2D eigenvalue weighted by Gasteiger charge is 2.34. The molecule has 1 aromatic heterocycles. The summed E-state index contributed by atoms with van der Waals surface area (Å²) in [5.74, 6) is -1.84. The van der Waals surface area contributed by atoms with E-state index in [0.717, 1.165) is 40.0 Å². The number of amides is 3. The quantitative estimate of drug-likeness (QED) is 0.593. The van der Waals surface area contributed by atoms with E-state index in [-0.39, 0.29) is 40.0 Å². The number of nitrogens with zero attached hydrogens (tertiary/aromatic N) is 2. The number of carboxylic acid groups (broad SMARTS) is 1. The number of imide groups is 1. The number of anilines is 1. The van der Waals surface area contributed by atoms with E-state index < -0.39 is 5.97 Å². The summed E-state index contributed by atoms with van der Waals surface area (Å²) in [6.07, 6.45) is 4.15. The zero-order chi connectivity index (χ0) is 21.7. The minimum absolute atomic E-state index is 0.0271. The van der Waals surface area contributed by atoms with Crippen molar-refractivity contribution >= 4 is 57.3 Å². The molecule has 1 saturated heterocycles. The smallest absolute Gasteiger partial charge is 0.347 e. The fourth-order valence-corrected chi connectivity index (χ4v) is 4.24. The molecule has 8 nitrogen and oxygen atoms in total. The number of carboxylic acids is 1. The van der Waals surface area contributed by atoms with Crippen LogP contribution in [0.25, 0.3) is 6.08 Å². The topological polar surface area (TPSA) is 117 Å². The lowest BCUT2D eigenvalue weighted by Gasteiger charge is -2.11. The number of aromatic carboxylic acids is 1. The summed E-state index contributed by atoms with van der Waals surface area (Å²) < 4.78 is 0. The van der Waals surface area contributed by atoms with Crippen LogP contribution in [0.4, 0.5) is 9.93 Å². The summed E-state index contributed by atoms with van der Waals surface area (Å²) in [6.45, 7) is 2.19. The monoisotopic (exact) mass is 445 g/mol. The molecule has 2 N–H and O–H groups in total. The van der Waals surface area contributed by atoms with Crippen molar-refractivity contribution in [1.82, 2.24) is 9.88 Å². The number of hydrogen-bond donors (Lipinski definition) is 2. The first-order valence-electron chi connectivity index (χ1n) is 9.20. The van der Waals surface area contributed by atoms with E-state index in [0.29, 0.717) is 11.3 Å². The highest BCUT2D eigenvalue weighted by molar-refractivity contribution is 8.18. The van der Waals surface area contributed by atoms with Crippen LogP contribution in [0.2, 0.25) is 0 Å². The molecule has 0 spiro atoms. The van der Waals surface area contributed by atoms with Gasteiger partial charge in [-0.15, -0.1) is 0 Å². The number of carbonyl (C=O) groups excluding carboxylic acids is 3. The number of hydrogen-bond acceptors (Lipinski definition) is 7. The molecular formula is C20H19N3O5S2. The third-order valence-corrected chi connectivity index (χ3v) is 6.12. The van der Waals surface area contributed by atoms with Crippen LogP contribution in [-0.2, 0) is 16.0 Å². The third-order valence-electron chi connectivity index (χ3n) is 4.31. The molecule has 156 valence electrons. The molecular weight excluding hydrogens is 426 g/mol. The van der Waals surface area contributed by atoms with E-state index in [1.807, 2.05) is 24.3 Å². The van der Waals surface area contributed by atoms with Gasteiger partial charge in [-0.1, -0.05) is 42.5 Å². The summed E-state index contributed by atoms with van der Waals surface area (Å²) in [5.41, 5.74) is 2.04. The standard InChI is InChI=1S/C20H19N3O5S2/c1-2-12-5-7-13(8-6-12)10-14-17(25)23(20(28)30-14)9-3-4-16(24)22-19-21-11-15(29-19)18(26)27/h5-8,10-11H,2-4,9H2,1H3,(H,26,27)(H,21,22,24)/b14-10-. The number of aromatic nitrogens is 1. The van der Waals surface area contributed by atoms with E-state index in [4.69, 9.17) is 5.11 Å². The number of rotatable bonds is 8. The summed E-state index contributed by atoms with van der Waals surface area (Å²) in [4.78, 5) is 52.9. The van der Waals surface area contributed by atoms with Gasteiger partial charge < -0.3 is 10.4 Å². The molecule has 1 aliphatic rings. The molecule has 2 aromatic rings. The van der Waals surface area contributed by atoms with Gasteiger partial charge >= 0.3 is 5.97 Å². The Labute approximate surface area is 181 Å².